The number of carboxylic acid groups (broad SMARTS) is 3. The second-order valence-corrected chi connectivity index (χ2v) is 7.38. The van der Waals surface area contributed by atoms with Gasteiger partial charge in [-0.1, -0.05) is 0 Å². The van der Waals surface area contributed by atoms with Crippen molar-refractivity contribution in [2.45, 2.75) is 58.8 Å². The number of hydrogen-bond donors (Lipinski definition) is 4. The fourth-order valence-electron chi connectivity index (χ4n) is 2.69. The first-order valence-corrected chi connectivity index (χ1v) is 10.00. The smallest absolute Gasteiger partial charge is 0.320 e. The van der Waals surface area contributed by atoms with E-state index in [1.54, 1.807) is 18.7 Å². The molecular formula is C19H35N4O7-. The van der Waals surface area contributed by atoms with Crippen molar-refractivity contribution in [1.82, 2.24) is 20.4 Å². The van der Waals surface area contributed by atoms with Gasteiger partial charge in [-0.25, -0.2) is 0 Å². The molecule has 0 spiro atoms. The molecule has 4 N–H and O–H groups in total. The highest BCUT2D eigenvalue weighted by atomic mass is 16.4. The summed E-state index contributed by atoms with van der Waals surface area (Å²) in [5, 5.41) is 34.7. The number of aliphatic carboxylic acids is 3. The van der Waals surface area contributed by atoms with Gasteiger partial charge in [0.25, 0.3) is 0 Å². The summed E-state index contributed by atoms with van der Waals surface area (Å²) in [6.07, 6.45) is 0. The Hall–Kier alpha value is -2.08. The molecule has 0 aliphatic heterocycles. The molecule has 0 amide bonds. The second kappa shape index (κ2) is 14.0. The number of carbonyl (C=O) groups excluding carboxylic acids is 2. The normalized spacial score (nSPS) is 15.6. The van der Waals surface area contributed by atoms with Crippen molar-refractivity contribution in [3.8, 4) is 0 Å². The van der Waals surface area contributed by atoms with Crippen LogP contribution < -0.4 is 15.7 Å². The van der Waals surface area contributed by atoms with Gasteiger partial charge >= 0.3 is 11.9 Å². The Kier molecular flexibility index (Phi) is 13.0. The Bertz CT molecular complexity index is 537. The molecule has 0 saturated heterocycles. The summed E-state index contributed by atoms with van der Waals surface area (Å²) >= 11 is 0. The predicted octanol–water partition coefficient (Wildman–Crippen LogP) is -2.17. The highest BCUT2D eigenvalue weighted by Gasteiger charge is 2.24. The average Bonchev–Trinajstić information content (AvgIpc) is 2.66. The lowest BCUT2D eigenvalue weighted by molar-refractivity contribution is -0.308. The van der Waals surface area contributed by atoms with E-state index in [0.29, 0.717) is 32.7 Å². The molecule has 11 heteroatoms. The highest BCUT2D eigenvalue weighted by molar-refractivity contribution is 5.81. The van der Waals surface area contributed by atoms with E-state index in [4.69, 9.17) is 5.11 Å². The number of carboxylic acids is 3. The minimum Gasteiger partial charge on any atom is -0.548 e. The first-order valence-electron chi connectivity index (χ1n) is 10.00. The number of rotatable bonds is 17. The molecule has 174 valence electrons. The molecule has 0 saturated carbocycles. The van der Waals surface area contributed by atoms with Crippen molar-refractivity contribution in [2.75, 3.05) is 39.3 Å². The molecule has 0 heterocycles. The molecule has 0 rings (SSSR count). The van der Waals surface area contributed by atoms with E-state index in [-0.39, 0.29) is 12.3 Å². The van der Waals surface area contributed by atoms with Crippen LogP contribution in [-0.4, -0.2) is 107 Å². The molecule has 0 aromatic carbocycles. The quantitative estimate of drug-likeness (QED) is 0.198. The summed E-state index contributed by atoms with van der Waals surface area (Å²) in [4.78, 5) is 48.6. The van der Waals surface area contributed by atoms with Crippen molar-refractivity contribution in [2.24, 2.45) is 0 Å². The third-order valence-electron chi connectivity index (χ3n) is 5.14. The molecule has 0 aromatic heterocycles. The molecule has 0 radical (unpaired) electrons. The van der Waals surface area contributed by atoms with Gasteiger partial charge in [0.15, 0.2) is 0 Å². The van der Waals surface area contributed by atoms with Crippen molar-refractivity contribution in [3.63, 3.8) is 0 Å². The summed E-state index contributed by atoms with van der Waals surface area (Å²) in [5.74, 6) is -3.27. The van der Waals surface area contributed by atoms with Crippen LogP contribution in [0.1, 0.15) is 34.6 Å². The number of carbonyl (C=O) groups is 4. The van der Waals surface area contributed by atoms with Gasteiger partial charge in [-0.2, -0.15) is 0 Å². The molecule has 0 fully saturated rings. The first kappa shape index (κ1) is 27.9. The van der Waals surface area contributed by atoms with Crippen molar-refractivity contribution in [1.29, 1.82) is 0 Å². The van der Waals surface area contributed by atoms with Gasteiger partial charge in [0.05, 0.1) is 12.0 Å². The second-order valence-electron chi connectivity index (χ2n) is 7.38. The van der Waals surface area contributed by atoms with E-state index in [2.05, 4.69) is 10.6 Å². The maximum atomic E-state index is 11.9. The minimum absolute atomic E-state index is 0.0523. The number of nitrogens with one attached hydrogen (secondary N) is 2. The van der Waals surface area contributed by atoms with Crippen LogP contribution in [0.15, 0.2) is 0 Å². The topological polar surface area (TPSA) is 162 Å². The predicted molar refractivity (Wildman–Crippen MR) is 108 cm³/mol. The van der Waals surface area contributed by atoms with E-state index in [9.17, 15) is 29.4 Å². The van der Waals surface area contributed by atoms with E-state index in [0.717, 1.165) is 0 Å². The first-order chi connectivity index (χ1) is 13.9. The summed E-state index contributed by atoms with van der Waals surface area (Å²) in [5.41, 5.74) is 0. The van der Waals surface area contributed by atoms with E-state index in [1.807, 2.05) is 4.90 Å². The Morgan fingerprint density at radius 3 is 1.57 bits per heavy atom. The van der Waals surface area contributed by atoms with Gasteiger partial charge < -0.3 is 30.7 Å². The third-order valence-corrected chi connectivity index (χ3v) is 5.14. The lowest BCUT2D eigenvalue weighted by Gasteiger charge is -2.33. The summed E-state index contributed by atoms with van der Waals surface area (Å²) in [6.45, 7) is 9.76. The Labute approximate surface area is 177 Å². The lowest BCUT2D eigenvalue weighted by Crippen LogP contribution is -2.51. The third kappa shape index (κ3) is 10.6. The Morgan fingerprint density at radius 2 is 1.20 bits per heavy atom. The van der Waals surface area contributed by atoms with E-state index >= 15 is 0 Å². The van der Waals surface area contributed by atoms with Gasteiger partial charge in [0.1, 0.15) is 17.9 Å². The van der Waals surface area contributed by atoms with Gasteiger partial charge in [-0.05, 0) is 34.6 Å². The summed E-state index contributed by atoms with van der Waals surface area (Å²) < 4.78 is 0. The maximum absolute atomic E-state index is 11.9. The fraction of sp³-hybridized carbons (Fsp3) is 0.789. The molecule has 4 atom stereocenters. The molecule has 30 heavy (non-hydrogen) atoms. The minimum atomic E-state index is -1.24. The maximum Gasteiger partial charge on any atom is 0.320 e. The monoisotopic (exact) mass is 431 g/mol. The standard InChI is InChI=1S/C19H36N4O7/c1-12(17(25)26)20-6-8-22(14(3)16(5)24)10-11-23(15(4)19(29)30)9-7-21-13(2)18(27)28/h12-15,20-21H,6-11H2,1-5H3,(H,25,26)(H,27,28)(H,29,30)/p-1. The fourth-order valence-corrected chi connectivity index (χ4v) is 2.69. The summed E-state index contributed by atoms with van der Waals surface area (Å²) in [6, 6.07) is -2.79. The van der Waals surface area contributed by atoms with Crippen LogP contribution >= 0.6 is 0 Å². The van der Waals surface area contributed by atoms with Crippen molar-refractivity contribution in [3.05, 3.63) is 0 Å². The largest absolute Gasteiger partial charge is 0.548 e. The van der Waals surface area contributed by atoms with Crippen LogP contribution in [0.2, 0.25) is 0 Å². The number of hydrogen-bond acceptors (Lipinski definition) is 9. The zero-order valence-electron chi connectivity index (χ0n) is 18.4. The molecule has 0 bridgehead atoms. The van der Waals surface area contributed by atoms with Gasteiger partial charge in [0.2, 0.25) is 0 Å². The number of nitrogens with zero attached hydrogens (tertiary/aromatic N) is 2. The van der Waals surface area contributed by atoms with Gasteiger partial charge in [-0.15, -0.1) is 0 Å². The van der Waals surface area contributed by atoms with Crippen LogP contribution in [0, 0.1) is 0 Å². The number of ketones is 1. The molecular weight excluding hydrogens is 396 g/mol. The zero-order chi connectivity index (χ0) is 23.4. The van der Waals surface area contributed by atoms with Crippen LogP contribution in [0.3, 0.4) is 0 Å². The molecule has 0 aromatic rings. The SMILES string of the molecule is CC(=O)C(C)N(CCNC(C)C(=O)O)CCN(CCNC(C)C(=O)[O-])C(C)C(=O)O. The Balaban J connectivity index is 4.97. The average molecular weight is 432 g/mol. The van der Waals surface area contributed by atoms with Gasteiger partial charge in [-0.3, -0.25) is 24.2 Å². The van der Waals surface area contributed by atoms with E-state index in [1.165, 1.54) is 20.8 Å². The summed E-state index contributed by atoms with van der Waals surface area (Å²) in [7, 11) is 0. The molecule has 0 aliphatic carbocycles. The lowest BCUT2D eigenvalue weighted by atomic mass is 10.2. The molecule has 0 aliphatic rings. The van der Waals surface area contributed by atoms with E-state index < -0.39 is 42.1 Å². The zero-order valence-corrected chi connectivity index (χ0v) is 18.4. The van der Waals surface area contributed by atoms with Crippen LogP contribution in [0.4, 0.5) is 0 Å². The highest BCUT2D eigenvalue weighted by Crippen LogP contribution is 2.05. The number of Topliss-reactive ketones (excluding diaryl/α,β-unsaturated/α-hetero) is 1. The van der Waals surface area contributed by atoms with Crippen LogP contribution in [-0.2, 0) is 19.2 Å². The van der Waals surface area contributed by atoms with Crippen molar-refractivity contribution < 1.29 is 34.5 Å². The molecule has 11 nitrogen and oxygen atoms in total. The Morgan fingerprint density at radius 1 is 0.767 bits per heavy atom. The van der Waals surface area contributed by atoms with Crippen LogP contribution in [0.5, 0.6) is 0 Å². The van der Waals surface area contributed by atoms with Crippen molar-refractivity contribution >= 4 is 23.7 Å². The van der Waals surface area contributed by atoms with Gasteiger partial charge in [0, 0.05) is 45.3 Å². The van der Waals surface area contributed by atoms with Crippen LogP contribution in [0.25, 0.3) is 0 Å². The molecule has 4 unspecified atom stereocenters.